The predicted molar refractivity (Wildman–Crippen MR) is 89.3 cm³/mol. The molecule has 4 heteroatoms. The largest absolute Gasteiger partial charge is 0.378 e. The van der Waals surface area contributed by atoms with Gasteiger partial charge in [-0.05, 0) is 29.7 Å². The predicted octanol–water partition coefficient (Wildman–Crippen LogP) is 4.02. The Morgan fingerprint density at radius 1 is 0.958 bits per heavy atom. The number of benzene rings is 2. The Labute approximate surface area is 140 Å². The van der Waals surface area contributed by atoms with Crippen molar-refractivity contribution in [2.24, 2.45) is 0 Å². The van der Waals surface area contributed by atoms with Gasteiger partial charge in [0.05, 0.1) is 19.3 Å². The maximum Gasteiger partial charge on any atom is 0.133 e. The van der Waals surface area contributed by atoms with Gasteiger partial charge in [-0.3, -0.25) is 4.90 Å². The van der Waals surface area contributed by atoms with Crippen LogP contribution in [0.15, 0.2) is 54.6 Å². The molecule has 0 saturated carbocycles. The van der Waals surface area contributed by atoms with Crippen molar-refractivity contribution < 1.29 is 13.5 Å². The number of hydrogen-bond donors (Lipinski definition) is 0. The highest BCUT2D eigenvalue weighted by Gasteiger charge is 2.35. The highest BCUT2D eigenvalue weighted by molar-refractivity contribution is 5.68. The molecule has 0 aromatic heterocycles. The average molecular weight is 327 g/mol. The Kier molecular flexibility index (Phi) is 4.17. The molecule has 2 aromatic rings. The van der Waals surface area contributed by atoms with Crippen LogP contribution in [0.1, 0.15) is 17.5 Å². The lowest BCUT2D eigenvalue weighted by atomic mass is 9.89. The van der Waals surface area contributed by atoms with Crippen molar-refractivity contribution in [3.8, 4) is 0 Å². The van der Waals surface area contributed by atoms with Crippen LogP contribution in [0.2, 0.25) is 0 Å². The summed E-state index contributed by atoms with van der Waals surface area (Å²) in [6.07, 6.45) is 2.57. The Balaban J connectivity index is 1.65. The van der Waals surface area contributed by atoms with E-state index in [2.05, 4.69) is 17.0 Å². The van der Waals surface area contributed by atoms with Crippen molar-refractivity contribution in [1.29, 1.82) is 0 Å². The summed E-state index contributed by atoms with van der Waals surface area (Å²) in [5.41, 5.74) is 2.12. The lowest BCUT2D eigenvalue weighted by Crippen LogP contribution is -2.53. The van der Waals surface area contributed by atoms with Crippen LogP contribution < -0.4 is 0 Å². The van der Waals surface area contributed by atoms with Crippen molar-refractivity contribution in [3.63, 3.8) is 0 Å². The molecular weight excluding hydrogens is 308 g/mol. The summed E-state index contributed by atoms with van der Waals surface area (Å²) in [5, 5.41) is 0. The molecule has 2 atom stereocenters. The molecular formula is C20H19F2NO. The van der Waals surface area contributed by atoms with E-state index in [0.717, 1.165) is 12.1 Å². The third kappa shape index (κ3) is 2.87. The van der Waals surface area contributed by atoms with Gasteiger partial charge in [-0.15, -0.1) is 0 Å². The van der Waals surface area contributed by atoms with E-state index >= 15 is 0 Å². The number of hydrogen-bond acceptors (Lipinski definition) is 2. The number of fused-ring (bicyclic) bond motifs is 2. The zero-order valence-electron chi connectivity index (χ0n) is 13.3. The number of rotatable bonds is 3. The molecule has 1 saturated heterocycles. The molecule has 2 aliphatic heterocycles. The summed E-state index contributed by atoms with van der Waals surface area (Å²) in [6.45, 7) is 1.97. The minimum atomic E-state index is -0.489. The van der Waals surface area contributed by atoms with Gasteiger partial charge in [0.1, 0.15) is 11.6 Å². The first-order chi connectivity index (χ1) is 11.7. The fourth-order valence-corrected chi connectivity index (χ4v) is 3.69. The van der Waals surface area contributed by atoms with Gasteiger partial charge in [0, 0.05) is 18.2 Å². The molecule has 2 heterocycles. The standard InChI is InChI=1S/C20H19F2NO/c21-18-7-4-8-19(22)20(18)15-9-16-12-24-13-17(10-15)23(16)11-14-5-2-1-3-6-14/h1-9,16-17H,10-13H2. The van der Waals surface area contributed by atoms with E-state index in [1.165, 1.54) is 23.8 Å². The molecule has 2 aliphatic rings. The second kappa shape index (κ2) is 6.46. The van der Waals surface area contributed by atoms with Crippen LogP contribution in [-0.4, -0.2) is 30.2 Å². The second-order valence-corrected chi connectivity index (χ2v) is 6.41. The van der Waals surface area contributed by atoms with E-state index < -0.39 is 11.6 Å². The molecule has 0 spiro atoms. The van der Waals surface area contributed by atoms with Crippen LogP contribution >= 0.6 is 0 Å². The third-order valence-electron chi connectivity index (χ3n) is 4.83. The van der Waals surface area contributed by atoms with Gasteiger partial charge in [0.2, 0.25) is 0 Å². The number of morpholine rings is 1. The summed E-state index contributed by atoms with van der Waals surface area (Å²) in [5.74, 6) is -0.978. The first kappa shape index (κ1) is 15.5. The smallest absolute Gasteiger partial charge is 0.133 e. The zero-order chi connectivity index (χ0) is 16.5. The molecule has 124 valence electrons. The number of ether oxygens (including phenoxy) is 1. The molecule has 0 amide bonds. The third-order valence-corrected chi connectivity index (χ3v) is 4.83. The van der Waals surface area contributed by atoms with Gasteiger partial charge in [-0.1, -0.05) is 42.5 Å². The molecule has 2 nitrogen and oxygen atoms in total. The molecule has 2 aromatic carbocycles. The summed E-state index contributed by atoms with van der Waals surface area (Å²) < 4.78 is 33.9. The normalized spacial score (nSPS) is 23.8. The van der Waals surface area contributed by atoms with Crippen molar-refractivity contribution in [2.45, 2.75) is 25.0 Å². The van der Waals surface area contributed by atoms with Crippen molar-refractivity contribution in [1.82, 2.24) is 4.90 Å². The molecule has 0 aliphatic carbocycles. The molecule has 4 rings (SSSR count). The molecule has 2 unspecified atom stereocenters. The van der Waals surface area contributed by atoms with Crippen LogP contribution in [0.25, 0.3) is 5.57 Å². The lowest BCUT2D eigenvalue weighted by molar-refractivity contribution is -0.0403. The van der Waals surface area contributed by atoms with Gasteiger partial charge in [0.25, 0.3) is 0 Å². The zero-order valence-corrected chi connectivity index (χ0v) is 13.3. The van der Waals surface area contributed by atoms with E-state index in [0.29, 0.717) is 19.6 Å². The quantitative estimate of drug-likeness (QED) is 0.844. The van der Waals surface area contributed by atoms with E-state index in [-0.39, 0.29) is 17.6 Å². The van der Waals surface area contributed by atoms with E-state index in [1.54, 1.807) is 0 Å². The maximum atomic E-state index is 14.1. The van der Waals surface area contributed by atoms with Crippen molar-refractivity contribution in [2.75, 3.05) is 13.2 Å². The number of halogens is 2. The Bertz CT molecular complexity index is 739. The van der Waals surface area contributed by atoms with Gasteiger partial charge in [-0.2, -0.15) is 0 Å². The van der Waals surface area contributed by atoms with E-state index in [4.69, 9.17) is 4.74 Å². The van der Waals surface area contributed by atoms with Crippen LogP contribution in [0, 0.1) is 11.6 Å². The molecule has 2 bridgehead atoms. The summed E-state index contributed by atoms with van der Waals surface area (Å²) >= 11 is 0. The Morgan fingerprint density at radius 3 is 2.42 bits per heavy atom. The van der Waals surface area contributed by atoms with E-state index in [1.807, 2.05) is 24.3 Å². The van der Waals surface area contributed by atoms with Gasteiger partial charge < -0.3 is 4.74 Å². The molecule has 0 radical (unpaired) electrons. The molecule has 1 fully saturated rings. The van der Waals surface area contributed by atoms with Crippen LogP contribution in [-0.2, 0) is 11.3 Å². The molecule has 0 N–H and O–H groups in total. The monoisotopic (exact) mass is 327 g/mol. The van der Waals surface area contributed by atoms with Crippen molar-refractivity contribution in [3.05, 3.63) is 77.4 Å². The first-order valence-corrected chi connectivity index (χ1v) is 8.25. The highest BCUT2D eigenvalue weighted by atomic mass is 19.1. The molecule has 24 heavy (non-hydrogen) atoms. The van der Waals surface area contributed by atoms with Gasteiger partial charge in [0.15, 0.2) is 0 Å². The SMILES string of the molecule is Fc1cccc(F)c1C1=CC2COCC(C1)N2Cc1ccccc1. The summed E-state index contributed by atoms with van der Waals surface area (Å²) in [6, 6.07) is 14.5. The Morgan fingerprint density at radius 2 is 1.71 bits per heavy atom. The minimum absolute atomic E-state index is 0.0479. The van der Waals surface area contributed by atoms with E-state index in [9.17, 15) is 8.78 Å². The lowest BCUT2D eigenvalue weighted by Gasteiger charge is -2.44. The fraction of sp³-hybridized carbons (Fsp3) is 0.300. The number of nitrogens with zero attached hydrogens (tertiary/aromatic N) is 1. The minimum Gasteiger partial charge on any atom is -0.378 e. The fourth-order valence-electron chi connectivity index (χ4n) is 3.69. The summed E-state index contributed by atoms with van der Waals surface area (Å²) in [7, 11) is 0. The van der Waals surface area contributed by atoms with Crippen LogP contribution in [0.3, 0.4) is 0 Å². The van der Waals surface area contributed by atoms with Gasteiger partial charge in [-0.25, -0.2) is 8.78 Å². The maximum absolute atomic E-state index is 14.1. The Hall–Kier alpha value is -2.04. The first-order valence-electron chi connectivity index (χ1n) is 8.25. The summed E-state index contributed by atoms with van der Waals surface area (Å²) in [4.78, 5) is 2.38. The van der Waals surface area contributed by atoms with Crippen LogP contribution in [0.4, 0.5) is 8.78 Å². The average Bonchev–Trinajstić information content (AvgIpc) is 2.56. The second-order valence-electron chi connectivity index (χ2n) is 6.41. The van der Waals surface area contributed by atoms with Crippen molar-refractivity contribution >= 4 is 5.57 Å². The topological polar surface area (TPSA) is 12.5 Å². The van der Waals surface area contributed by atoms with Gasteiger partial charge >= 0.3 is 0 Å². The highest BCUT2D eigenvalue weighted by Crippen LogP contribution is 2.35. The van der Waals surface area contributed by atoms with Crippen LogP contribution in [0.5, 0.6) is 0 Å².